The fraction of sp³-hybridized carbons (Fsp3) is 0.167. The van der Waals surface area contributed by atoms with Gasteiger partial charge in [-0.3, -0.25) is 4.79 Å². The highest BCUT2D eigenvalue weighted by atomic mass is 16.1. The number of carbonyl (C=O) groups is 1. The van der Waals surface area contributed by atoms with Gasteiger partial charge in [-0.05, 0) is 72.0 Å². The lowest BCUT2D eigenvalue weighted by Crippen LogP contribution is -2.61. The van der Waals surface area contributed by atoms with Gasteiger partial charge in [-0.2, -0.15) is 0 Å². The van der Waals surface area contributed by atoms with Crippen LogP contribution in [0.25, 0.3) is 11.1 Å². The molecule has 216 valence electrons. The van der Waals surface area contributed by atoms with Crippen molar-refractivity contribution in [1.82, 2.24) is 0 Å². The number of para-hydroxylation sites is 2. The third-order valence-electron chi connectivity index (χ3n) is 9.73. The number of anilines is 2. The second-order valence-electron chi connectivity index (χ2n) is 12.7. The molecule has 0 amide bonds. The van der Waals surface area contributed by atoms with Crippen LogP contribution in [0.15, 0.2) is 146 Å². The van der Waals surface area contributed by atoms with Crippen LogP contribution in [0.4, 0.5) is 11.4 Å². The van der Waals surface area contributed by atoms with E-state index in [1.165, 1.54) is 11.1 Å². The number of hydrogen-bond acceptors (Lipinski definition) is 2. The minimum atomic E-state index is -0.764. The third-order valence-corrected chi connectivity index (χ3v) is 9.73. The van der Waals surface area contributed by atoms with Crippen molar-refractivity contribution in [3.8, 4) is 0 Å². The molecule has 0 unspecified atom stereocenters. The van der Waals surface area contributed by atoms with E-state index in [2.05, 4.69) is 148 Å². The van der Waals surface area contributed by atoms with Gasteiger partial charge in [0, 0.05) is 22.4 Å². The summed E-state index contributed by atoms with van der Waals surface area (Å²) >= 11 is 0. The summed E-state index contributed by atoms with van der Waals surface area (Å²) in [6.45, 7) is 8.83. The Morgan fingerprint density at radius 1 is 0.636 bits per heavy atom. The molecule has 2 atom stereocenters. The van der Waals surface area contributed by atoms with Crippen LogP contribution in [0.1, 0.15) is 52.0 Å². The van der Waals surface area contributed by atoms with E-state index in [9.17, 15) is 0 Å². The number of Topliss-reactive ketones (excluding diaryl/α,β-unsaturated/α-hetero) is 1. The van der Waals surface area contributed by atoms with Crippen LogP contribution < -0.4 is 4.90 Å². The van der Waals surface area contributed by atoms with E-state index in [0.717, 1.165) is 44.8 Å². The molecule has 0 radical (unpaired) electrons. The summed E-state index contributed by atoms with van der Waals surface area (Å²) in [5.74, 6) is -0.370. The number of nitrogens with zero attached hydrogens (tertiary/aromatic N) is 1. The Hall–Kier alpha value is -4.95. The molecule has 2 nitrogen and oxygen atoms in total. The summed E-state index contributed by atoms with van der Waals surface area (Å²) in [7, 11) is 0. The molecule has 1 aliphatic heterocycles. The molecule has 44 heavy (non-hydrogen) atoms. The summed E-state index contributed by atoms with van der Waals surface area (Å²) < 4.78 is 0. The number of rotatable bonds is 5. The average Bonchev–Trinajstić information content (AvgIpc) is 3.24. The summed E-state index contributed by atoms with van der Waals surface area (Å²) in [5, 5.41) is 0. The van der Waals surface area contributed by atoms with E-state index in [4.69, 9.17) is 0 Å². The second-order valence-corrected chi connectivity index (χ2v) is 12.7. The highest BCUT2D eigenvalue weighted by Crippen LogP contribution is 2.63. The minimum Gasteiger partial charge on any atom is -0.330 e. The molecule has 1 aliphatic carbocycles. The molecule has 2 aliphatic rings. The Balaban J connectivity index is 1.60. The lowest BCUT2D eigenvalue weighted by atomic mass is 9.57. The largest absolute Gasteiger partial charge is 0.330 e. The predicted molar refractivity (Wildman–Crippen MR) is 183 cm³/mol. The Morgan fingerprint density at radius 2 is 1.20 bits per heavy atom. The van der Waals surface area contributed by atoms with Gasteiger partial charge in [0.15, 0.2) is 5.78 Å². The molecule has 7 rings (SSSR count). The highest BCUT2D eigenvalue weighted by Gasteiger charge is 2.63. The first-order valence-corrected chi connectivity index (χ1v) is 15.4. The topological polar surface area (TPSA) is 20.3 Å². The fourth-order valence-electron chi connectivity index (χ4n) is 7.43. The van der Waals surface area contributed by atoms with Crippen LogP contribution in [0, 0.1) is 19.8 Å². The summed E-state index contributed by atoms with van der Waals surface area (Å²) in [5.41, 5.74) is 9.69. The van der Waals surface area contributed by atoms with Crippen LogP contribution in [0.2, 0.25) is 0 Å². The Bertz CT molecular complexity index is 1900. The average molecular weight is 572 g/mol. The van der Waals surface area contributed by atoms with Crippen molar-refractivity contribution in [2.24, 2.45) is 5.92 Å². The standard InChI is InChI=1S/C42H37NO/c1-29-19-23-31(24-20-29)34-27-36(32-13-7-5-8-14-32)39(40(44)33-25-21-30(2)22-26-33)42(28-34)41(3,4)37-17-11-12-18-38(37)43(42)35-15-9-6-10-16-35/h5-28,39H,1-4H3/t39-,42+/m0/s1. The first-order chi connectivity index (χ1) is 21.3. The Kier molecular flexibility index (Phi) is 6.74. The van der Waals surface area contributed by atoms with E-state index in [-0.39, 0.29) is 5.78 Å². The molecule has 5 aromatic rings. The molecular weight excluding hydrogens is 534 g/mol. The molecule has 0 fully saturated rings. The van der Waals surface area contributed by atoms with Crippen molar-refractivity contribution in [3.05, 3.63) is 179 Å². The molecule has 0 saturated heterocycles. The SMILES string of the molecule is Cc1ccc(C(=O)[C@@H]2C(c3ccccc3)=CC(c3ccc(C)cc3)=C[C@@]23N(c2ccccc2)c2ccccc2C3(C)C)cc1. The molecule has 0 aromatic heterocycles. The van der Waals surface area contributed by atoms with Crippen molar-refractivity contribution in [2.45, 2.75) is 38.6 Å². The second kappa shape index (κ2) is 10.6. The first kappa shape index (κ1) is 27.9. The van der Waals surface area contributed by atoms with E-state index < -0.39 is 16.9 Å². The van der Waals surface area contributed by atoms with Crippen LogP contribution in [0.5, 0.6) is 0 Å². The Morgan fingerprint density at radius 3 is 1.86 bits per heavy atom. The van der Waals surface area contributed by atoms with E-state index in [1.807, 2.05) is 30.3 Å². The number of fused-ring (bicyclic) bond motifs is 1. The zero-order valence-corrected chi connectivity index (χ0v) is 25.8. The molecule has 0 saturated carbocycles. The molecular formula is C42H37NO. The van der Waals surface area contributed by atoms with Gasteiger partial charge in [0.25, 0.3) is 0 Å². The quantitative estimate of drug-likeness (QED) is 0.196. The number of benzene rings is 5. The number of carbonyl (C=O) groups excluding carboxylic acids is 1. The summed E-state index contributed by atoms with van der Waals surface area (Å²) in [6.07, 6.45) is 4.68. The van der Waals surface area contributed by atoms with Crippen LogP contribution in [-0.4, -0.2) is 11.3 Å². The van der Waals surface area contributed by atoms with E-state index >= 15 is 4.79 Å². The molecule has 2 heteroatoms. The molecule has 0 bridgehead atoms. The van der Waals surface area contributed by atoms with Crippen molar-refractivity contribution in [3.63, 3.8) is 0 Å². The smallest absolute Gasteiger partial charge is 0.173 e. The van der Waals surface area contributed by atoms with E-state index in [1.54, 1.807) is 0 Å². The normalized spacial score (nSPS) is 20.2. The molecule has 1 spiro atoms. The third kappa shape index (κ3) is 4.28. The monoisotopic (exact) mass is 571 g/mol. The predicted octanol–water partition coefficient (Wildman–Crippen LogP) is 10.2. The minimum absolute atomic E-state index is 0.126. The van der Waals surface area contributed by atoms with Crippen molar-refractivity contribution >= 4 is 28.3 Å². The maximum Gasteiger partial charge on any atom is 0.173 e. The summed E-state index contributed by atoms with van der Waals surface area (Å²) in [6, 6.07) is 46.6. The highest BCUT2D eigenvalue weighted by molar-refractivity contribution is 6.10. The van der Waals surface area contributed by atoms with Crippen molar-refractivity contribution < 1.29 is 4.79 Å². The number of allylic oxidation sites excluding steroid dienone is 2. The lowest BCUT2D eigenvalue weighted by Gasteiger charge is -2.53. The van der Waals surface area contributed by atoms with Crippen molar-refractivity contribution in [1.29, 1.82) is 0 Å². The fourth-order valence-corrected chi connectivity index (χ4v) is 7.43. The van der Waals surface area contributed by atoms with E-state index in [0.29, 0.717) is 0 Å². The molecule has 0 N–H and O–H groups in total. The van der Waals surface area contributed by atoms with Crippen LogP contribution in [0.3, 0.4) is 0 Å². The van der Waals surface area contributed by atoms with Crippen LogP contribution in [-0.2, 0) is 5.41 Å². The number of hydrogen-bond donors (Lipinski definition) is 0. The number of aryl methyl sites for hydroxylation is 2. The number of ketones is 1. The zero-order chi connectivity index (χ0) is 30.5. The van der Waals surface area contributed by atoms with Gasteiger partial charge in [0.05, 0.1) is 11.5 Å². The van der Waals surface area contributed by atoms with Gasteiger partial charge in [0.1, 0.15) is 0 Å². The maximum absolute atomic E-state index is 15.3. The first-order valence-electron chi connectivity index (χ1n) is 15.4. The lowest BCUT2D eigenvalue weighted by molar-refractivity contribution is 0.0888. The van der Waals surface area contributed by atoms with Gasteiger partial charge in [0.2, 0.25) is 0 Å². The van der Waals surface area contributed by atoms with Gasteiger partial charge < -0.3 is 4.90 Å². The van der Waals surface area contributed by atoms with Crippen molar-refractivity contribution in [2.75, 3.05) is 4.90 Å². The van der Waals surface area contributed by atoms with Crippen LogP contribution >= 0.6 is 0 Å². The zero-order valence-electron chi connectivity index (χ0n) is 25.8. The van der Waals surface area contributed by atoms with Gasteiger partial charge in [-0.1, -0.05) is 140 Å². The maximum atomic E-state index is 15.3. The Labute approximate surface area is 261 Å². The van der Waals surface area contributed by atoms with Gasteiger partial charge in [-0.15, -0.1) is 0 Å². The van der Waals surface area contributed by atoms with Gasteiger partial charge >= 0.3 is 0 Å². The molecule has 5 aromatic carbocycles. The van der Waals surface area contributed by atoms with Gasteiger partial charge in [-0.25, -0.2) is 0 Å². The molecule has 1 heterocycles. The summed E-state index contributed by atoms with van der Waals surface area (Å²) in [4.78, 5) is 17.7.